The summed E-state index contributed by atoms with van der Waals surface area (Å²) < 4.78 is 24.5. The van der Waals surface area contributed by atoms with Gasteiger partial charge in [0.15, 0.2) is 0 Å². The van der Waals surface area contributed by atoms with Gasteiger partial charge in [-0.15, -0.1) is 0 Å². The number of anilines is 1. The normalized spacial score (nSPS) is 16.1. The molecular formula is C24H33FN2O3. The van der Waals surface area contributed by atoms with Gasteiger partial charge in [0, 0.05) is 38.4 Å². The quantitative estimate of drug-likeness (QED) is 0.601. The van der Waals surface area contributed by atoms with Crippen molar-refractivity contribution in [2.75, 3.05) is 57.4 Å². The predicted octanol–water partition coefficient (Wildman–Crippen LogP) is 3.53. The Morgan fingerprint density at radius 3 is 2.37 bits per heavy atom. The summed E-state index contributed by atoms with van der Waals surface area (Å²) in [5.41, 5.74) is 2.23. The Morgan fingerprint density at radius 2 is 1.67 bits per heavy atom. The second kappa shape index (κ2) is 11.3. The standard InChI is InChI=1S/C24H33FN2O3/c1-19(2)23-5-3-4-6-24(23)30-16-15-29-18-22(28)17-26-11-13-27(14-12-26)21-9-7-20(25)8-10-21/h3-10,19,22,28H,11-18H2,1-2H3/t22-/m0/s1. The van der Waals surface area contributed by atoms with E-state index in [0.717, 1.165) is 37.6 Å². The number of aliphatic hydroxyl groups excluding tert-OH is 1. The summed E-state index contributed by atoms with van der Waals surface area (Å²) in [6, 6.07) is 14.7. The van der Waals surface area contributed by atoms with Crippen LogP contribution in [0.4, 0.5) is 10.1 Å². The highest BCUT2D eigenvalue weighted by atomic mass is 19.1. The Morgan fingerprint density at radius 1 is 0.967 bits per heavy atom. The van der Waals surface area contributed by atoms with Crippen molar-refractivity contribution in [3.05, 3.63) is 59.9 Å². The molecule has 1 atom stereocenters. The van der Waals surface area contributed by atoms with Gasteiger partial charge in [0.2, 0.25) is 0 Å². The van der Waals surface area contributed by atoms with E-state index in [9.17, 15) is 9.50 Å². The summed E-state index contributed by atoms with van der Waals surface area (Å²) in [6.45, 7) is 9.55. The van der Waals surface area contributed by atoms with Crippen LogP contribution >= 0.6 is 0 Å². The third-order valence-electron chi connectivity index (χ3n) is 5.37. The molecule has 1 saturated heterocycles. The lowest BCUT2D eigenvalue weighted by Gasteiger charge is -2.36. The van der Waals surface area contributed by atoms with Crippen molar-refractivity contribution in [3.63, 3.8) is 0 Å². The Hall–Kier alpha value is -2.15. The fourth-order valence-corrected chi connectivity index (χ4v) is 3.71. The molecule has 1 N–H and O–H groups in total. The van der Waals surface area contributed by atoms with Crippen molar-refractivity contribution >= 4 is 5.69 Å². The maximum Gasteiger partial charge on any atom is 0.123 e. The number of piperazine rings is 1. The average Bonchev–Trinajstić information content (AvgIpc) is 2.75. The van der Waals surface area contributed by atoms with E-state index in [4.69, 9.17) is 9.47 Å². The molecule has 0 aromatic heterocycles. The molecular weight excluding hydrogens is 383 g/mol. The maximum atomic E-state index is 13.1. The molecule has 0 saturated carbocycles. The third-order valence-corrected chi connectivity index (χ3v) is 5.37. The van der Waals surface area contributed by atoms with E-state index >= 15 is 0 Å². The fraction of sp³-hybridized carbons (Fsp3) is 0.500. The molecule has 0 radical (unpaired) electrons. The first kappa shape index (κ1) is 22.5. The smallest absolute Gasteiger partial charge is 0.123 e. The van der Waals surface area contributed by atoms with Crippen molar-refractivity contribution in [2.45, 2.75) is 25.9 Å². The molecule has 3 rings (SSSR count). The molecule has 30 heavy (non-hydrogen) atoms. The van der Waals surface area contributed by atoms with Gasteiger partial charge in [-0.2, -0.15) is 0 Å². The number of halogens is 1. The van der Waals surface area contributed by atoms with Crippen molar-refractivity contribution in [1.82, 2.24) is 4.90 Å². The molecule has 0 aliphatic carbocycles. The second-order valence-corrected chi connectivity index (χ2v) is 8.03. The second-order valence-electron chi connectivity index (χ2n) is 8.03. The number of β-amino-alcohol motifs (C(OH)–C–C–N with tert-alkyl or cyclic N) is 1. The summed E-state index contributed by atoms with van der Waals surface area (Å²) in [7, 11) is 0. The molecule has 0 bridgehead atoms. The molecule has 1 aliphatic heterocycles. The summed E-state index contributed by atoms with van der Waals surface area (Å²) >= 11 is 0. The molecule has 0 amide bonds. The average molecular weight is 417 g/mol. The topological polar surface area (TPSA) is 45.2 Å². The molecule has 2 aromatic carbocycles. The highest BCUT2D eigenvalue weighted by Crippen LogP contribution is 2.25. The number of hydrogen-bond acceptors (Lipinski definition) is 5. The number of hydrogen-bond donors (Lipinski definition) is 1. The molecule has 5 nitrogen and oxygen atoms in total. The van der Waals surface area contributed by atoms with E-state index in [-0.39, 0.29) is 5.82 Å². The highest BCUT2D eigenvalue weighted by Gasteiger charge is 2.19. The van der Waals surface area contributed by atoms with Gasteiger partial charge in [0.1, 0.15) is 18.2 Å². The molecule has 0 unspecified atom stereocenters. The number of ether oxygens (including phenoxy) is 2. The summed E-state index contributed by atoms with van der Waals surface area (Å²) in [5.74, 6) is 1.10. The zero-order chi connectivity index (χ0) is 21.3. The molecule has 1 aliphatic rings. The molecule has 0 spiro atoms. The Labute approximate surface area is 179 Å². The van der Waals surface area contributed by atoms with Gasteiger partial charge in [-0.25, -0.2) is 4.39 Å². The van der Waals surface area contributed by atoms with Crippen LogP contribution in [-0.4, -0.2) is 68.7 Å². The minimum absolute atomic E-state index is 0.213. The monoisotopic (exact) mass is 416 g/mol. The Balaban J connectivity index is 1.30. The van der Waals surface area contributed by atoms with Gasteiger partial charge in [-0.3, -0.25) is 4.90 Å². The van der Waals surface area contributed by atoms with Gasteiger partial charge >= 0.3 is 0 Å². The molecule has 6 heteroatoms. The zero-order valence-corrected chi connectivity index (χ0v) is 18.0. The lowest BCUT2D eigenvalue weighted by molar-refractivity contribution is 0.00709. The first-order valence-corrected chi connectivity index (χ1v) is 10.7. The lowest BCUT2D eigenvalue weighted by Crippen LogP contribution is -2.49. The van der Waals surface area contributed by atoms with Crippen molar-refractivity contribution < 1.29 is 19.0 Å². The number of para-hydroxylation sites is 1. The largest absolute Gasteiger partial charge is 0.491 e. The van der Waals surface area contributed by atoms with E-state index in [1.54, 1.807) is 0 Å². The van der Waals surface area contributed by atoms with Gasteiger partial charge in [-0.05, 0) is 41.8 Å². The minimum Gasteiger partial charge on any atom is -0.491 e. The molecule has 1 fully saturated rings. The van der Waals surface area contributed by atoms with Crippen LogP contribution in [0, 0.1) is 5.82 Å². The zero-order valence-electron chi connectivity index (χ0n) is 18.0. The number of nitrogens with zero attached hydrogens (tertiary/aromatic N) is 2. The van der Waals surface area contributed by atoms with E-state index in [2.05, 4.69) is 29.7 Å². The van der Waals surface area contributed by atoms with Gasteiger partial charge in [0.05, 0.1) is 19.3 Å². The third kappa shape index (κ3) is 6.69. The van der Waals surface area contributed by atoms with Crippen molar-refractivity contribution in [1.29, 1.82) is 0 Å². The lowest BCUT2D eigenvalue weighted by atomic mass is 10.0. The van der Waals surface area contributed by atoms with E-state index < -0.39 is 6.10 Å². The van der Waals surface area contributed by atoms with E-state index in [0.29, 0.717) is 32.3 Å². The highest BCUT2D eigenvalue weighted by molar-refractivity contribution is 5.46. The Kier molecular flexibility index (Phi) is 8.49. The Bertz CT molecular complexity index is 761. The van der Waals surface area contributed by atoms with E-state index in [1.165, 1.54) is 17.7 Å². The number of rotatable bonds is 10. The molecule has 164 valence electrons. The molecule has 1 heterocycles. The first-order valence-electron chi connectivity index (χ1n) is 10.7. The number of aliphatic hydroxyl groups is 1. The van der Waals surface area contributed by atoms with Crippen LogP contribution in [-0.2, 0) is 4.74 Å². The SMILES string of the molecule is CC(C)c1ccccc1OCCOC[C@@H](O)CN1CCN(c2ccc(F)cc2)CC1. The minimum atomic E-state index is -0.523. The van der Waals surface area contributed by atoms with Gasteiger partial charge in [-0.1, -0.05) is 32.0 Å². The van der Waals surface area contributed by atoms with Crippen LogP contribution in [0.3, 0.4) is 0 Å². The molecule has 2 aromatic rings. The maximum absolute atomic E-state index is 13.1. The van der Waals surface area contributed by atoms with Crippen LogP contribution in [0.5, 0.6) is 5.75 Å². The summed E-state index contributed by atoms with van der Waals surface area (Å²) in [6.07, 6.45) is -0.523. The van der Waals surface area contributed by atoms with Crippen molar-refractivity contribution in [3.8, 4) is 5.75 Å². The fourth-order valence-electron chi connectivity index (χ4n) is 3.71. The van der Waals surface area contributed by atoms with Gasteiger partial charge < -0.3 is 19.5 Å². The van der Waals surface area contributed by atoms with Gasteiger partial charge in [0.25, 0.3) is 0 Å². The van der Waals surface area contributed by atoms with Crippen LogP contribution in [0.1, 0.15) is 25.3 Å². The van der Waals surface area contributed by atoms with Crippen molar-refractivity contribution in [2.24, 2.45) is 0 Å². The predicted molar refractivity (Wildman–Crippen MR) is 118 cm³/mol. The summed E-state index contributed by atoms with van der Waals surface area (Å²) in [4.78, 5) is 4.48. The van der Waals surface area contributed by atoms with E-state index in [1.807, 2.05) is 30.3 Å². The van der Waals surface area contributed by atoms with Crippen LogP contribution in [0.25, 0.3) is 0 Å². The van der Waals surface area contributed by atoms with Crippen LogP contribution < -0.4 is 9.64 Å². The van der Waals surface area contributed by atoms with Crippen LogP contribution in [0.2, 0.25) is 0 Å². The number of benzene rings is 2. The first-order chi connectivity index (χ1) is 14.5. The van der Waals surface area contributed by atoms with Crippen LogP contribution in [0.15, 0.2) is 48.5 Å². The summed E-state index contributed by atoms with van der Waals surface area (Å²) in [5, 5.41) is 10.3.